The number of hydrogen-bond donors (Lipinski definition) is 1. The van der Waals surface area contributed by atoms with Crippen LogP contribution in [-0.2, 0) is 0 Å². The Kier molecular flexibility index (Phi) is 1.65. The monoisotopic (exact) mass is 179 g/mol. The molecule has 0 bridgehead atoms. The molecule has 2 rings (SSSR count). The minimum atomic E-state index is -0.581. The first kappa shape index (κ1) is 7.98. The number of rotatable bonds is 0. The Morgan fingerprint density at radius 1 is 0.923 bits per heavy atom. The molecule has 1 nitrogen and oxygen atoms in total. The van der Waals surface area contributed by atoms with Crippen LogP contribution in [0.4, 0.5) is 14.5 Å². The summed E-state index contributed by atoms with van der Waals surface area (Å²) in [5, 5.41) is 0.377. The number of hydrogen-bond acceptors (Lipinski definition) is 1. The molecule has 2 N–H and O–H groups in total. The van der Waals surface area contributed by atoms with Crippen molar-refractivity contribution in [3.8, 4) is 0 Å². The van der Waals surface area contributed by atoms with E-state index in [1.54, 1.807) is 6.07 Å². The largest absolute Gasteiger partial charge is 0.398 e. The number of halogens is 2. The lowest BCUT2D eigenvalue weighted by atomic mass is 10.1. The van der Waals surface area contributed by atoms with Gasteiger partial charge < -0.3 is 5.73 Å². The number of nitrogens with two attached hydrogens (primary N) is 1. The summed E-state index contributed by atoms with van der Waals surface area (Å²) in [5.74, 6) is -1.16. The van der Waals surface area contributed by atoms with Gasteiger partial charge in [-0.3, -0.25) is 0 Å². The lowest BCUT2D eigenvalue weighted by molar-refractivity contribution is 0.608. The first-order valence-electron chi connectivity index (χ1n) is 3.82. The normalized spacial score (nSPS) is 10.6. The smallest absolute Gasteiger partial charge is 0.134 e. The minimum Gasteiger partial charge on any atom is -0.398 e. The lowest BCUT2D eigenvalue weighted by Gasteiger charge is -2.03. The van der Waals surface area contributed by atoms with E-state index in [9.17, 15) is 8.78 Å². The van der Waals surface area contributed by atoms with Crippen LogP contribution in [0.25, 0.3) is 10.8 Å². The van der Waals surface area contributed by atoms with Crippen molar-refractivity contribution in [3.63, 3.8) is 0 Å². The average Bonchev–Trinajstić information content (AvgIpc) is 2.12. The summed E-state index contributed by atoms with van der Waals surface area (Å²) in [5.41, 5.74) is 5.95. The van der Waals surface area contributed by atoms with E-state index in [0.29, 0.717) is 11.1 Å². The van der Waals surface area contributed by atoms with Gasteiger partial charge in [-0.25, -0.2) is 8.78 Å². The zero-order chi connectivity index (χ0) is 9.42. The molecular formula is C10H7F2N. The molecule has 0 radical (unpaired) electrons. The van der Waals surface area contributed by atoms with Crippen LogP contribution < -0.4 is 5.73 Å². The molecule has 2 aromatic carbocycles. The van der Waals surface area contributed by atoms with E-state index in [2.05, 4.69) is 0 Å². The molecule has 0 saturated heterocycles. The fraction of sp³-hybridized carbons (Fsp3) is 0. The van der Waals surface area contributed by atoms with Crippen molar-refractivity contribution >= 4 is 16.5 Å². The topological polar surface area (TPSA) is 26.0 Å². The van der Waals surface area contributed by atoms with Crippen molar-refractivity contribution in [3.05, 3.63) is 42.0 Å². The van der Waals surface area contributed by atoms with Gasteiger partial charge in [-0.05, 0) is 18.2 Å². The second-order valence-corrected chi connectivity index (χ2v) is 2.80. The van der Waals surface area contributed by atoms with Gasteiger partial charge >= 0.3 is 0 Å². The third kappa shape index (κ3) is 1.13. The van der Waals surface area contributed by atoms with E-state index in [4.69, 9.17) is 5.73 Å². The highest BCUT2D eigenvalue weighted by molar-refractivity contribution is 5.93. The quantitative estimate of drug-likeness (QED) is 0.618. The first-order chi connectivity index (χ1) is 6.20. The second-order valence-electron chi connectivity index (χ2n) is 2.80. The maximum Gasteiger partial charge on any atom is 0.134 e. The molecule has 0 unspecified atom stereocenters. The standard InChI is InChI=1S/C10H7F2N/c11-7-3-1-2-6-9(13)5-4-8(12)10(6)7/h1-5H,13H2. The van der Waals surface area contributed by atoms with E-state index >= 15 is 0 Å². The highest BCUT2D eigenvalue weighted by atomic mass is 19.1. The van der Waals surface area contributed by atoms with Crippen LogP contribution in [0.1, 0.15) is 0 Å². The SMILES string of the molecule is Nc1ccc(F)c2c(F)cccc12. The number of benzene rings is 2. The van der Waals surface area contributed by atoms with Gasteiger partial charge in [-0.1, -0.05) is 12.1 Å². The molecule has 0 aliphatic carbocycles. The van der Waals surface area contributed by atoms with Crippen LogP contribution in [0.5, 0.6) is 0 Å². The third-order valence-electron chi connectivity index (χ3n) is 1.97. The Labute approximate surface area is 73.8 Å². The molecule has 0 aromatic heterocycles. The fourth-order valence-electron chi connectivity index (χ4n) is 1.34. The van der Waals surface area contributed by atoms with E-state index in [-0.39, 0.29) is 5.39 Å². The number of fused-ring (bicyclic) bond motifs is 1. The molecule has 0 amide bonds. The molecule has 13 heavy (non-hydrogen) atoms. The molecular weight excluding hydrogens is 172 g/mol. The summed E-state index contributed by atoms with van der Waals surface area (Å²) in [4.78, 5) is 0. The van der Waals surface area contributed by atoms with E-state index in [0.717, 1.165) is 0 Å². The molecule has 0 aliphatic heterocycles. The molecule has 0 fully saturated rings. The Balaban J connectivity index is 3.00. The Hall–Kier alpha value is -1.64. The Morgan fingerprint density at radius 2 is 1.62 bits per heavy atom. The van der Waals surface area contributed by atoms with Gasteiger partial charge in [0.15, 0.2) is 0 Å². The number of nitrogen functional groups attached to an aromatic ring is 1. The minimum absolute atomic E-state index is 0.0394. The maximum atomic E-state index is 13.1. The van der Waals surface area contributed by atoms with Crippen LogP contribution in [-0.4, -0.2) is 0 Å². The van der Waals surface area contributed by atoms with Crippen LogP contribution >= 0.6 is 0 Å². The van der Waals surface area contributed by atoms with Gasteiger partial charge in [-0.2, -0.15) is 0 Å². The predicted octanol–water partition coefficient (Wildman–Crippen LogP) is 2.70. The summed E-state index contributed by atoms with van der Waals surface area (Å²) in [6.07, 6.45) is 0. The predicted molar refractivity (Wildman–Crippen MR) is 48.3 cm³/mol. The van der Waals surface area contributed by atoms with E-state index < -0.39 is 11.6 Å². The van der Waals surface area contributed by atoms with Crippen molar-refractivity contribution in [2.45, 2.75) is 0 Å². The maximum absolute atomic E-state index is 13.1. The molecule has 0 aliphatic rings. The summed E-state index contributed by atoms with van der Waals surface area (Å²) >= 11 is 0. The first-order valence-corrected chi connectivity index (χ1v) is 3.82. The third-order valence-corrected chi connectivity index (χ3v) is 1.97. The van der Waals surface area contributed by atoms with Crippen molar-refractivity contribution in [1.82, 2.24) is 0 Å². The zero-order valence-corrected chi connectivity index (χ0v) is 6.72. The van der Waals surface area contributed by atoms with Crippen LogP contribution in [0.2, 0.25) is 0 Å². The summed E-state index contributed by atoms with van der Waals surface area (Å²) in [6, 6.07) is 6.91. The van der Waals surface area contributed by atoms with Gasteiger partial charge in [0.25, 0.3) is 0 Å². The molecule has 0 atom stereocenters. The molecule has 0 saturated carbocycles. The summed E-state index contributed by atoms with van der Waals surface area (Å²) in [6.45, 7) is 0. The van der Waals surface area contributed by atoms with Gasteiger partial charge in [0.2, 0.25) is 0 Å². The van der Waals surface area contributed by atoms with Gasteiger partial charge in [-0.15, -0.1) is 0 Å². The highest BCUT2D eigenvalue weighted by Crippen LogP contribution is 2.25. The Morgan fingerprint density at radius 3 is 2.31 bits per heavy atom. The highest BCUT2D eigenvalue weighted by Gasteiger charge is 2.07. The van der Waals surface area contributed by atoms with Gasteiger partial charge in [0, 0.05) is 11.1 Å². The molecule has 66 valence electrons. The molecule has 0 spiro atoms. The zero-order valence-electron chi connectivity index (χ0n) is 6.72. The lowest BCUT2D eigenvalue weighted by Crippen LogP contribution is -1.91. The number of anilines is 1. The van der Waals surface area contributed by atoms with Crippen molar-refractivity contribution in [2.75, 3.05) is 5.73 Å². The van der Waals surface area contributed by atoms with Crippen molar-refractivity contribution in [2.24, 2.45) is 0 Å². The molecule has 2 aromatic rings. The summed E-state index contributed by atoms with van der Waals surface area (Å²) < 4.78 is 26.3. The Bertz CT molecular complexity index is 457. The van der Waals surface area contributed by atoms with Gasteiger partial charge in [0.1, 0.15) is 11.6 Å². The molecule has 0 heterocycles. The summed E-state index contributed by atoms with van der Waals surface area (Å²) in [7, 11) is 0. The van der Waals surface area contributed by atoms with E-state index in [1.807, 2.05) is 0 Å². The van der Waals surface area contributed by atoms with Crippen LogP contribution in [0, 0.1) is 11.6 Å². The van der Waals surface area contributed by atoms with E-state index in [1.165, 1.54) is 24.3 Å². The average molecular weight is 179 g/mol. The van der Waals surface area contributed by atoms with Crippen molar-refractivity contribution < 1.29 is 8.78 Å². The van der Waals surface area contributed by atoms with Crippen LogP contribution in [0.3, 0.4) is 0 Å². The van der Waals surface area contributed by atoms with Crippen LogP contribution in [0.15, 0.2) is 30.3 Å². The van der Waals surface area contributed by atoms with Gasteiger partial charge in [0.05, 0.1) is 5.39 Å². The fourth-order valence-corrected chi connectivity index (χ4v) is 1.34. The molecule has 3 heteroatoms. The second kappa shape index (κ2) is 2.69. The van der Waals surface area contributed by atoms with Crippen molar-refractivity contribution in [1.29, 1.82) is 0 Å².